The van der Waals surface area contributed by atoms with Gasteiger partial charge in [-0.15, -0.1) is 0 Å². The molecule has 5 heteroatoms. The maximum atomic E-state index is 10.5. The van der Waals surface area contributed by atoms with Crippen LogP contribution < -0.4 is 0 Å². The van der Waals surface area contributed by atoms with E-state index in [4.69, 9.17) is 10.2 Å². The lowest BCUT2D eigenvalue weighted by molar-refractivity contribution is 0.256. The topological polar surface area (TPSA) is 62.5 Å². The second-order valence-corrected chi connectivity index (χ2v) is 2.05. The van der Waals surface area contributed by atoms with Gasteiger partial charge in [0.05, 0.1) is 0 Å². The highest BCUT2D eigenvalue weighted by atomic mass is 32.1. The number of thiol groups is 1. The summed E-state index contributed by atoms with van der Waals surface area (Å²) in [5.74, 6) is -0.644. The highest BCUT2D eigenvalue weighted by Crippen LogP contribution is 2.21. The number of aromatic hydroxyl groups is 2. The van der Waals surface area contributed by atoms with Crippen molar-refractivity contribution in [2.75, 3.05) is 0 Å². The molecule has 0 unspecified atom stereocenters. The third kappa shape index (κ3) is 0.950. The second kappa shape index (κ2) is 2.26. The van der Waals surface area contributed by atoms with E-state index in [1.165, 1.54) is 12.1 Å². The van der Waals surface area contributed by atoms with E-state index < -0.39 is 5.24 Å². The fourth-order valence-corrected chi connectivity index (χ4v) is 0.816. The first-order valence-electron chi connectivity index (χ1n) is 2.46. The van der Waals surface area contributed by atoms with Crippen molar-refractivity contribution in [3.63, 3.8) is 0 Å². The molecule has 0 saturated heterocycles. The van der Waals surface area contributed by atoms with Gasteiger partial charge < -0.3 is 10.2 Å². The molecule has 0 saturated carbocycles. The van der Waals surface area contributed by atoms with Crippen LogP contribution in [-0.4, -0.2) is 20.0 Å². The average molecular weight is 159 g/mol. The van der Waals surface area contributed by atoms with Crippen molar-refractivity contribution in [2.24, 2.45) is 0 Å². The Morgan fingerprint density at radius 1 is 1.40 bits per heavy atom. The molecule has 2 N–H and O–H groups in total. The van der Waals surface area contributed by atoms with Crippen molar-refractivity contribution < 1.29 is 15.0 Å². The lowest BCUT2D eigenvalue weighted by Gasteiger charge is -1.97. The van der Waals surface area contributed by atoms with Crippen LogP contribution >= 0.6 is 12.6 Å². The fraction of sp³-hybridized carbons (Fsp3) is 0. The molecule has 4 nitrogen and oxygen atoms in total. The monoisotopic (exact) mass is 159 g/mol. The smallest absolute Gasteiger partial charge is 0.292 e. The number of nitrogens with zero attached hydrogens (tertiary/aromatic N) is 1. The Bertz CT molecular complexity index is 248. The highest BCUT2D eigenvalue weighted by molar-refractivity contribution is 7.96. The van der Waals surface area contributed by atoms with Crippen molar-refractivity contribution in [1.82, 2.24) is 4.57 Å². The van der Waals surface area contributed by atoms with Crippen LogP contribution in [0.1, 0.15) is 0 Å². The van der Waals surface area contributed by atoms with Gasteiger partial charge in [-0.2, -0.15) is 0 Å². The standard InChI is InChI=1S/C5H5NO3S/c7-3-1-2-4(8)6(3)5(9)10/h1-2,7-8H,(H,9,10). The van der Waals surface area contributed by atoms with Gasteiger partial charge in [0.1, 0.15) is 0 Å². The first-order valence-corrected chi connectivity index (χ1v) is 2.90. The van der Waals surface area contributed by atoms with Crippen molar-refractivity contribution in [2.45, 2.75) is 0 Å². The molecule has 10 heavy (non-hydrogen) atoms. The Balaban J connectivity index is 3.23. The molecule has 1 heterocycles. The van der Waals surface area contributed by atoms with Crippen molar-refractivity contribution >= 4 is 17.9 Å². The summed E-state index contributed by atoms with van der Waals surface area (Å²) in [4.78, 5) is 10.5. The van der Waals surface area contributed by atoms with Crippen LogP contribution in [0.5, 0.6) is 11.8 Å². The molecule has 0 fully saturated rings. The molecule has 54 valence electrons. The zero-order chi connectivity index (χ0) is 7.72. The summed E-state index contributed by atoms with van der Waals surface area (Å²) >= 11 is 3.40. The number of rotatable bonds is 0. The lowest BCUT2D eigenvalue weighted by Crippen LogP contribution is -1.99. The molecule has 0 aliphatic rings. The molecule has 1 rings (SSSR count). The molecule has 0 bridgehead atoms. The number of hydrogen-bond acceptors (Lipinski definition) is 3. The van der Waals surface area contributed by atoms with Gasteiger partial charge in [0.25, 0.3) is 5.24 Å². The van der Waals surface area contributed by atoms with Crippen LogP contribution in [0.3, 0.4) is 0 Å². The number of aromatic nitrogens is 1. The summed E-state index contributed by atoms with van der Waals surface area (Å²) in [6.45, 7) is 0. The van der Waals surface area contributed by atoms with Gasteiger partial charge in [-0.25, -0.2) is 4.57 Å². The van der Waals surface area contributed by atoms with Gasteiger partial charge in [-0.1, -0.05) is 12.6 Å². The molecular formula is C5H5NO3S. The fourth-order valence-electron chi connectivity index (χ4n) is 0.611. The van der Waals surface area contributed by atoms with E-state index in [1.54, 1.807) is 0 Å². The minimum Gasteiger partial charge on any atom is -0.494 e. The summed E-state index contributed by atoms with van der Waals surface area (Å²) < 4.78 is 0.670. The third-order valence-electron chi connectivity index (χ3n) is 1.03. The molecule has 0 aromatic carbocycles. The Labute approximate surface area is 62.1 Å². The molecule has 0 aliphatic carbocycles. The number of carbonyl (C=O) groups is 1. The molecule has 1 aromatic heterocycles. The highest BCUT2D eigenvalue weighted by Gasteiger charge is 2.08. The average Bonchev–Trinajstić information content (AvgIpc) is 2.11. The predicted molar refractivity (Wildman–Crippen MR) is 37.5 cm³/mol. The quantitative estimate of drug-likeness (QED) is 0.490. The second-order valence-electron chi connectivity index (χ2n) is 1.67. The van der Waals surface area contributed by atoms with Gasteiger partial charge in [0, 0.05) is 12.1 Å². The van der Waals surface area contributed by atoms with Crippen molar-refractivity contribution in [1.29, 1.82) is 0 Å². The van der Waals surface area contributed by atoms with Crippen LogP contribution in [-0.2, 0) is 0 Å². The summed E-state index contributed by atoms with van der Waals surface area (Å²) in [5, 5.41) is 16.9. The van der Waals surface area contributed by atoms with Gasteiger partial charge in [-0.05, 0) is 0 Å². The Hall–Kier alpha value is -1.10. The third-order valence-corrected chi connectivity index (χ3v) is 1.23. The summed E-state index contributed by atoms with van der Waals surface area (Å²) in [6, 6.07) is 2.40. The van der Waals surface area contributed by atoms with Crippen molar-refractivity contribution in [3.8, 4) is 11.8 Å². The van der Waals surface area contributed by atoms with Gasteiger partial charge in [0.15, 0.2) is 0 Å². The Morgan fingerprint density at radius 3 is 2.00 bits per heavy atom. The maximum Gasteiger partial charge on any atom is 0.292 e. The molecule has 0 amide bonds. The van der Waals surface area contributed by atoms with E-state index in [9.17, 15) is 4.79 Å². The zero-order valence-electron chi connectivity index (χ0n) is 4.85. The van der Waals surface area contributed by atoms with Gasteiger partial charge in [0.2, 0.25) is 11.8 Å². The van der Waals surface area contributed by atoms with E-state index in [1.807, 2.05) is 0 Å². The maximum absolute atomic E-state index is 10.5. The van der Waals surface area contributed by atoms with E-state index >= 15 is 0 Å². The van der Waals surface area contributed by atoms with Gasteiger partial charge in [-0.3, -0.25) is 4.79 Å². The SMILES string of the molecule is O=C(S)n1c(O)ccc1O. The van der Waals surface area contributed by atoms with E-state index in [2.05, 4.69) is 12.6 Å². The Kier molecular flexibility index (Phi) is 1.58. The van der Waals surface area contributed by atoms with Gasteiger partial charge >= 0.3 is 0 Å². The normalized spacial score (nSPS) is 9.70. The molecule has 1 aromatic rings. The van der Waals surface area contributed by atoms with E-state index in [0.717, 1.165) is 0 Å². The molecule has 0 atom stereocenters. The summed E-state index contributed by atoms with van der Waals surface area (Å²) in [7, 11) is 0. The van der Waals surface area contributed by atoms with Crippen LogP contribution in [0.4, 0.5) is 4.79 Å². The largest absolute Gasteiger partial charge is 0.494 e. The number of hydrogen-bond donors (Lipinski definition) is 3. The first kappa shape index (κ1) is 7.01. The summed E-state index contributed by atoms with van der Waals surface area (Å²) in [5.41, 5.74) is 0. The molecule has 0 radical (unpaired) electrons. The van der Waals surface area contributed by atoms with Crippen molar-refractivity contribution in [3.05, 3.63) is 12.1 Å². The Morgan fingerprint density at radius 2 is 1.80 bits per heavy atom. The lowest BCUT2D eigenvalue weighted by atomic mass is 10.6. The predicted octanol–water partition coefficient (Wildman–Crippen LogP) is 0.797. The first-order chi connectivity index (χ1) is 4.63. The van der Waals surface area contributed by atoms with Crippen LogP contribution in [0.2, 0.25) is 0 Å². The minimum absolute atomic E-state index is 0.322. The van der Waals surface area contributed by atoms with Crippen LogP contribution in [0, 0.1) is 0 Å². The number of carbonyl (C=O) groups excluding carboxylic acids is 1. The van der Waals surface area contributed by atoms with E-state index in [0.29, 0.717) is 4.57 Å². The van der Waals surface area contributed by atoms with Crippen LogP contribution in [0.15, 0.2) is 12.1 Å². The molecule has 0 aliphatic heterocycles. The summed E-state index contributed by atoms with van der Waals surface area (Å²) in [6.07, 6.45) is 0. The zero-order valence-corrected chi connectivity index (χ0v) is 5.75. The minimum atomic E-state index is -0.722. The molecular weight excluding hydrogens is 154 g/mol. The van der Waals surface area contributed by atoms with Crippen LogP contribution in [0.25, 0.3) is 0 Å². The molecule has 0 spiro atoms. The van der Waals surface area contributed by atoms with E-state index in [-0.39, 0.29) is 11.8 Å².